The van der Waals surface area contributed by atoms with Crippen molar-refractivity contribution < 1.29 is 0 Å². The van der Waals surface area contributed by atoms with Gasteiger partial charge in [-0.25, -0.2) is 9.98 Å². The molecule has 36 heavy (non-hydrogen) atoms. The monoisotopic (exact) mass is 497 g/mol. The number of likely N-dealkylation sites (tertiary alicyclic amines) is 1. The Balaban J connectivity index is 1.36. The van der Waals surface area contributed by atoms with Gasteiger partial charge in [0.2, 0.25) is 0 Å². The summed E-state index contributed by atoms with van der Waals surface area (Å²) in [6, 6.07) is 12.2. The van der Waals surface area contributed by atoms with E-state index in [9.17, 15) is 0 Å². The molecule has 2 unspecified atom stereocenters. The van der Waals surface area contributed by atoms with Crippen LogP contribution < -0.4 is 11.1 Å². The van der Waals surface area contributed by atoms with Gasteiger partial charge in [0, 0.05) is 64.3 Å². The van der Waals surface area contributed by atoms with E-state index in [2.05, 4.69) is 31.2 Å². The number of anilines is 1. The molecule has 0 spiro atoms. The normalized spacial score (nSPS) is 22.2. The lowest BCUT2D eigenvalue weighted by Gasteiger charge is -2.39. The molecule has 3 aliphatic rings. The molecule has 0 bridgehead atoms. The number of nitrogens with zero attached hydrogens (tertiary/aromatic N) is 4. The number of pyridine rings is 2. The number of halogens is 1. The maximum atomic E-state index is 6.49. The summed E-state index contributed by atoms with van der Waals surface area (Å²) in [5, 5.41) is 5.34. The molecule has 7 rings (SSSR count). The van der Waals surface area contributed by atoms with Gasteiger partial charge in [0.25, 0.3) is 0 Å². The van der Waals surface area contributed by atoms with Crippen molar-refractivity contribution in [1.29, 1.82) is 0 Å². The number of rotatable bonds is 4. The quantitative estimate of drug-likeness (QED) is 0.348. The predicted molar refractivity (Wildman–Crippen MR) is 144 cm³/mol. The van der Waals surface area contributed by atoms with Gasteiger partial charge in [-0.2, -0.15) is 0 Å². The number of nitrogens with one attached hydrogen (secondary N) is 2. The van der Waals surface area contributed by atoms with Gasteiger partial charge < -0.3 is 16.0 Å². The standard InChI is InChI=1S/C28H28ClN7/c29-22-6-2-1-5-19(22)23-12-20-18(9-10-32-26(20)33-23)27-34-24-14-31-13-21(16-7-8-16)25(24)28(35-27)36-11-3-4-17(30)15-36/h1-2,5-6,9-10,12-14,16-17,28H,3-4,7-8,11,15,30H2,(H,32,33)(H,34,35). The highest BCUT2D eigenvalue weighted by Crippen LogP contribution is 2.47. The van der Waals surface area contributed by atoms with Crippen molar-refractivity contribution in [3.63, 3.8) is 0 Å². The molecule has 2 fully saturated rings. The third-order valence-corrected chi connectivity index (χ3v) is 7.91. The SMILES string of the molecule is NC1CCCN(C2N=C(c3ccnc4[nH]c(-c5ccccc5Cl)cc34)Nc3cncc(C4CC4)c32)C1. The van der Waals surface area contributed by atoms with Gasteiger partial charge in [-0.3, -0.25) is 9.88 Å². The number of nitrogens with two attached hydrogens (primary N) is 1. The highest BCUT2D eigenvalue weighted by Gasteiger charge is 2.36. The fraction of sp³-hybridized carbons (Fsp3) is 0.321. The molecule has 2 aliphatic heterocycles. The van der Waals surface area contributed by atoms with Crippen LogP contribution in [0.25, 0.3) is 22.3 Å². The van der Waals surface area contributed by atoms with E-state index in [-0.39, 0.29) is 12.2 Å². The van der Waals surface area contributed by atoms with Crippen LogP contribution in [-0.2, 0) is 0 Å². The number of aromatic amines is 1. The average Bonchev–Trinajstić information content (AvgIpc) is 3.65. The smallest absolute Gasteiger partial charge is 0.138 e. The molecule has 1 saturated heterocycles. The number of aromatic nitrogens is 3. The third kappa shape index (κ3) is 3.79. The van der Waals surface area contributed by atoms with Crippen molar-refractivity contribution >= 4 is 34.2 Å². The molecule has 7 nitrogen and oxygen atoms in total. The van der Waals surface area contributed by atoms with Crippen molar-refractivity contribution in [2.45, 2.75) is 43.8 Å². The van der Waals surface area contributed by atoms with Crippen LogP contribution in [0.5, 0.6) is 0 Å². The van der Waals surface area contributed by atoms with Crippen molar-refractivity contribution in [3.05, 3.63) is 76.7 Å². The fourth-order valence-corrected chi connectivity index (χ4v) is 5.90. The largest absolute Gasteiger partial charge is 0.339 e. The van der Waals surface area contributed by atoms with E-state index in [0.717, 1.165) is 65.3 Å². The number of hydrogen-bond donors (Lipinski definition) is 3. The summed E-state index contributed by atoms with van der Waals surface area (Å²) in [7, 11) is 0. The second kappa shape index (κ2) is 8.69. The zero-order chi connectivity index (χ0) is 24.2. The van der Waals surface area contributed by atoms with Crippen molar-refractivity contribution in [3.8, 4) is 11.3 Å². The number of fused-ring (bicyclic) bond motifs is 2. The maximum Gasteiger partial charge on any atom is 0.138 e. The Morgan fingerprint density at radius 3 is 2.78 bits per heavy atom. The molecule has 4 aromatic rings. The topological polar surface area (TPSA) is 95.2 Å². The summed E-state index contributed by atoms with van der Waals surface area (Å²) in [5.74, 6) is 1.42. The molecule has 182 valence electrons. The highest BCUT2D eigenvalue weighted by atomic mass is 35.5. The summed E-state index contributed by atoms with van der Waals surface area (Å²) in [4.78, 5) is 20.5. The second-order valence-electron chi connectivity index (χ2n) is 10.1. The van der Waals surface area contributed by atoms with E-state index in [1.54, 1.807) is 0 Å². The van der Waals surface area contributed by atoms with Crippen molar-refractivity contribution in [2.75, 3.05) is 18.4 Å². The lowest BCUT2D eigenvalue weighted by atomic mass is 9.96. The number of aliphatic imine (C=N–C) groups is 1. The highest BCUT2D eigenvalue weighted by molar-refractivity contribution is 6.33. The number of amidine groups is 1. The minimum Gasteiger partial charge on any atom is -0.339 e. The zero-order valence-corrected chi connectivity index (χ0v) is 20.7. The Labute approximate surface area is 214 Å². The molecule has 1 aromatic carbocycles. The zero-order valence-electron chi connectivity index (χ0n) is 19.9. The van der Waals surface area contributed by atoms with Crippen LogP contribution in [0, 0.1) is 0 Å². The molecule has 0 radical (unpaired) electrons. The number of hydrogen-bond acceptors (Lipinski definition) is 6. The average molecular weight is 498 g/mol. The predicted octanol–water partition coefficient (Wildman–Crippen LogP) is 5.45. The first kappa shape index (κ1) is 22.0. The van der Waals surface area contributed by atoms with Gasteiger partial charge in [0.1, 0.15) is 17.6 Å². The Morgan fingerprint density at radius 2 is 1.94 bits per heavy atom. The molecule has 1 saturated carbocycles. The van der Waals surface area contributed by atoms with Crippen LogP contribution in [0.15, 0.2) is 60.0 Å². The summed E-state index contributed by atoms with van der Waals surface area (Å²) in [6.45, 7) is 1.84. The van der Waals surface area contributed by atoms with Gasteiger partial charge in [0.15, 0.2) is 0 Å². The Bertz CT molecular complexity index is 1490. The van der Waals surface area contributed by atoms with E-state index in [1.165, 1.54) is 24.0 Å². The van der Waals surface area contributed by atoms with E-state index in [4.69, 9.17) is 22.3 Å². The first-order valence-electron chi connectivity index (χ1n) is 12.7. The molecule has 3 aromatic heterocycles. The van der Waals surface area contributed by atoms with E-state index in [1.807, 2.05) is 48.9 Å². The van der Waals surface area contributed by atoms with Crippen LogP contribution in [0.1, 0.15) is 54.5 Å². The fourth-order valence-electron chi connectivity index (χ4n) is 5.66. The van der Waals surface area contributed by atoms with E-state index in [0.29, 0.717) is 10.9 Å². The number of piperidine rings is 1. The molecule has 2 atom stereocenters. The molecule has 5 heterocycles. The van der Waals surface area contributed by atoms with Crippen molar-refractivity contribution in [2.24, 2.45) is 10.7 Å². The second-order valence-corrected chi connectivity index (χ2v) is 10.5. The molecule has 4 N–H and O–H groups in total. The first-order chi connectivity index (χ1) is 17.7. The molecule has 1 aliphatic carbocycles. The number of H-pyrrole nitrogens is 1. The summed E-state index contributed by atoms with van der Waals surface area (Å²) in [5.41, 5.74) is 13.7. The lowest BCUT2D eigenvalue weighted by molar-refractivity contribution is 0.153. The summed E-state index contributed by atoms with van der Waals surface area (Å²) < 4.78 is 0. The maximum absolute atomic E-state index is 6.49. The minimum atomic E-state index is -0.0774. The third-order valence-electron chi connectivity index (χ3n) is 7.58. The molecule has 8 heteroatoms. The van der Waals surface area contributed by atoms with Gasteiger partial charge in [-0.15, -0.1) is 0 Å². The molecular weight excluding hydrogens is 470 g/mol. The van der Waals surface area contributed by atoms with E-state index < -0.39 is 0 Å². The van der Waals surface area contributed by atoms with Crippen LogP contribution in [-0.4, -0.2) is 44.8 Å². The molecule has 0 amide bonds. The minimum absolute atomic E-state index is 0.0774. The van der Waals surface area contributed by atoms with E-state index >= 15 is 0 Å². The van der Waals surface area contributed by atoms with Gasteiger partial charge in [-0.05, 0) is 55.4 Å². The summed E-state index contributed by atoms with van der Waals surface area (Å²) in [6.07, 6.45) is 10.3. The van der Waals surface area contributed by atoms with Crippen LogP contribution >= 0.6 is 11.6 Å². The van der Waals surface area contributed by atoms with Crippen LogP contribution in [0.3, 0.4) is 0 Å². The van der Waals surface area contributed by atoms with Gasteiger partial charge in [-0.1, -0.05) is 29.8 Å². The molecular formula is C28H28ClN7. The Hall–Kier alpha value is -3.26. The van der Waals surface area contributed by atoms with Crippen LogP contribution in [0.2, 0.25) is 5.02 Å². The Kier molecular flexibility index (Phi) is 5.31. The first-order valence-corrected chi connectivity index (χ1v) is 13.1. The van der Waals surface area contributed by atoms with Gasteiger partial charge >= 0.3 is 0 Å². The van der Waals surface area contributed by atoms with Crippen LogP contribution in [0.4, 0.5) is 5.69 Å². The van der Waals surface area contributed by atoms with Gasteiger partial charge in [0.05, 0.1) is 11.9 Å². The number of benzene rings is 1. The Morgan fingerprint density at radius 1 is 1.06 bits per heavy atom. The lowest BCUT2D eigenvalue weighted by Crippen LogP contribution is -2.45. The van der Waals surface area contributed by atoms with Crippen molar-refractivity contribution in [1.82, 2.24) is 19.9 Å². The summed E-state index contributed by atoms with van der Waals surface area (Å²) >= 11 is 6.49.